The van der Waals surface area contributed by atoms with Gasteiger partial charge in [0.05, 0.1) is 5.69 Å². The van der Waals surface area contributed by atoms with Crippen molar-refractivity contribution in [1.29, 1.82) is 0 Å². The first-order chi connectivity index (χ1) is 4.33. The van der Waals surface area contributed by atoms with Gasteiger partial charge < -0.3 is 5.73 Å². The van der Waals surface area contributed by atoms with Gasteiger partial charge in [0.2, 0.25) is 0 Å². The van der Waals surface area contributed by atoms with E-state index in [1.54, 1.807) is 6.20 Å². The van der Waals surface area contributed by atoms with Crippen molar-refractivity contribution in [2.45, 2.75) is 6.54 Å². The number of pyridine rings is 1. The predicted molar refractivity (Wildman–Crippen MR) is 39.8 cm³/mol. The van der Waals surface area contributed by atoms with Gasteiger partial charge in [-0.05, 0) is 28.1 Å². The van der Waals surface area contributed by atoms with Gasteiger partial charge in [-0.1, -0.05) is 0 Å². The van der Waals surface area contributed by atoms with Crippen LogP contribution in [0, 0.1) is 0 Å². The van der Waals surface area contributed by atoms with Crippen molar-refractivity contribution in [1.82, 2.24) is 4.98 Å². The molecule has 0 aliphatic rings. The number of halogens is 1. The molecule has 0 saturated carbocycles. The van der Waals surface area contributed by atoms with Crippen LogP contribution in [0.4, 0.5) is 0 Å². The van der Waals surface area contributed by atoms with E-state index in [2.05, 4.69) is 20.9 Å². The Bertz CT molecular complexity index is 183. The highest BCUT2D eigenvalue weighted by Crippen LogP contribution is 2.06. The molecule has 0 saturated heterocycles. The first-order valence-corrected chi connectivity index (χ1v) is 3.42. The van der Waals surface area contributed by atoms with Gasteiger partial charge in [-0.15, -0.1) is 0 Å². The van der Waals surface area contributed by atoms with E-state index in [0.717, 1.165) is 10.2 Å². The Morgan fingerprint density at radius 1 is 1.56 bits per heavy atom. The zero-order valence-corrected chi connectivity index (χ0v) is 6.43. The average Bonchev–Trinajstić information content (AvgIpc) is 1.90. The molecular weight excluding hydrogens is 180 g/mol. The van der Waals surface area contributed by atoms with Crippen LogP contribution in [0.2, 0.25) is 0 Å². The minimum Gasteiger partial charge on any atom is -0.325 e. The quantitative estimate of drug-likeness (QED) is 0.719. The molecule has 1 heterocycles. The molecule has 0 bridgehead atoms. The van der Waals surface area contributed by atoms with Crippen LogP contribution in [0.25, 0.3) is 0 Å². The number of hydrogen-bond acceptors (Lipinski definition) is 2. The fourth-order valence-electron chi connectivity index (χ4n) is 0.527. The Balaban J connectivity index is 2.88. The molecule has 0 aliphatic heterocycles. The minimum absolute atomic E-state index is 0.507. The van der Waals surface area contributed by atoms with Gasteiger partial charge in [-0.25, -0.2) is 0 Å². The zero-order valence-electron chi connectivity index (χ0n) is 4.84. The Morgan fingerprint density at radius 2 is 2.33 bits per heavy atom. The molecule has 48 valence electrons. The second-order valence-electron chi connectivity index (χ2n) is 1.67. The van der Waals surface area contributed by atoms with Crippen LogP contribution >= 0.6 is 15.9 Å². The average molecular weight is 187 g/mol. The van der Waals surface area contributed by atoms with Crippen molar-refractivity contribution < 1.29 is 0 Å². The van der Waals surface area contributed by atoms with Gasteiger partial charge in [0, 0.05) is 17.2 Å². The molecule has 1 rings (SSSR count). The summed E-state index contributed by atoms with van der Waals surface area (Å²) < 4.78 is 0.986. The maximum absolute atomic E-state index is 5.32. The minimum atomic E-state index is 0.507. The third kappa shape index (κ3) is 1.77. The molecular formula is C6H7BrN2. The molecule has 1 aromatic heterocycles. The topological polar surface area (TPSA) is 38.9 Å². The van der Waals surface area contributed by atoms with Crippen LogP contribution < -0.4 is 5.73 Å². The van der Waals surface area contributed by atoms with Crippen molar-refractivity contribution in [3.8, 4) is 0 Å². The van der Waals surface area contributed by atoms with E-state index in [9.17, 15) is 0 Å². The zero-order chi connectivity index (χ0) is 6.69. The van der Waals surface area contributed by atoms with Crippen LogP contribution in [0.1, 0.15) is 5.69 Å². The van der Waals surface area contributed by atoms with Crippen molar-refractivity contribution in [2.75, 3.05) is 0 Å². The molecule has 1 aromatic rings. The van der Waals surface area contributed by atoms with Crippen molar-refractivity contribution in [3.63, 3.8) is 0 Å². The highest BCUT2D eigenvalue weighted by molar-refractivity contribution is 9.10. The molecule has 0 radical (unpaired) electrons. The standard InChI is InChI=1S/C6H7BrN2/c7-5-1-2-6(3-8)9-4-5/h1-2,4H,3,8H2. The smallest absolute Gasteiger partial charge is 0.0540 e. The van der Waals surface area contributed by atoms with Crippen LogP contribution in [-0.4, -0.2) is 4.98 Å². The molecule has 3 heteroatoms. The summed E-state index contributed by atoms with van der Waals surface area (Å²) >= 11 is 3.27. The van der Waals surface area contributed by atoms with Crippen LogP contribution in [0.15, 0.2) is 22.8 Å². The summed E-state index contributed by atoms with van der Waals surface area (Å²) in [6.45, 7) is 0.507. The lowest BCUT2D eigenvalue weighted by atomic mass is 10.4. The first-order valence-electron chi connectivity index (χ1n) is 2.63. The molecule has 2 N–H and O–H groups in total. The molecule has 2 nitrogen and oxygen atoms in total. The summed E-state index contributed by atoms with van der Waals surface area (Å²) in [7, 11) is 0. The lowest BCUT2D eigenvalue weighted by Crippen LogP contribution is -1.97. The third-order valence-corrected chi connectivity index (χ3v) is 1.47. The van der Waals surface area contributed by atoms with Crippen LogP contribution in [0.5, 0.6) is 0 Å². The summed E-state index contributed by atoms with van der Waals surface area (Å²) in [5.41, 5.74) is 6.24. The number of nitrogens with two attached hydrogens (primary N) is 1. The molecule has 0 spiro atoms. The van der Waals surface area contributed by atoms with E-state index >= 15 is 0 Å². The van der Waals surface area contributed by atoms with E-state index in [-0.39, 0.29) is 0 Å². The van der Waals surface area contributed by atoms with E-state index in [1.165, 1.54) is 0 Å². The fourth-order valence-corrected chi connectivity index (χ4v) is 0.762. The van der Waals surface area contributed by atoms with Gasteiger partial charge in [-0.2, -0.15) is 0 Å². The van der Waals surface area contributed by atoms with Gasteiger partial charge in [0.25, 0.3) is 0 Å². The first kappa shape index (κ1) is 6.71. The largest absolute Gasteiger partial charge is 0.325 e. The lowest BCUT2D eigenvalue weighted by Gasteiger charge is -1.92. The molecule has 0 atom stereocenters. The van der Waals surface area contributed by atoms with Gasteiger partial charge in [0.1, 0.15) is 0 Å². The summed E-state index contributed by atoms with van der Waals surface area (Å²) in [6.07, 6.45) is 1.74. The molecule has 0 amide bonds. The highest BCUT2D eigenvalue weighted by Gasteiger charge is 1.87. The predicted octanol–water partition coefficient (Wildman–Crippen LogP) is 1.30. The highest BCUT2D eigenvalue weighted by atomic mass is 79.9. The maximum atomic E-state index is 5.32. The summed E-state index contributed by atoms with van der Waals surface area (Å²) in [5.74, 6) is 0. The van der Waals surface area contributed by atoms with E-state index in [1.807, 2.05) is 12.1 Å². The monoisotopic (exact) mass is 186 g/mol. The number of hydrogen-bond donors (Lipinski definition) is 1. The second-order valence-corrected chi connectivity index (χ2v) is 2.59. The normalized spacial score (nSPS) is 9.56. The maximum Gasteiger partial charge on any atom is 0.0540 e. The second kappa shape index (κ2) is 2.94. The SMILES string of the molecule is NCc1ccc(Br)cn1. The van der Waals surface area contributed by atoms with Crippen molar-refractivity contribution in [3.05, 3.63) is 28.5 Å². The van der Waals surface area contributed by atoms with Crippen molar-refractivity contribution >= 4 is 15.9 Å². The molecule has 9 heavy (non-hydrogen) atoms. The summed E-state index contributed by atoms with van der Waals surface area (Å²) in [6, 6.07) is 3.82. The van der Waals surface area contributed by atoms with E-state index in [0.29, 0.717) is 6.54 Å². The Kier molecular flexibility index (Phi) is 2.19. The summed E-state index contributed by atoms with van der Waals surface area (Å²) in [4.78, 5) is 4.02. The molecule has 0 unspecified atom stereocenters. The number of rotatable bonds is 1. The van der Waals surface area contributed by atoms with Gasteiger partial charge in [-0.3, -0.25) is 4.98 Å². The van der Waals surface area contributed by atoms with Crippen LogP contribution in [-0.2, 0) is 6.54 Å². The van der Waals surface area contributed by atoms with Gasteiger partial charge in [0.15, 0.2) is 0 Å². The molecule has 0 fully saturated rings. The Hall–Kier alpha value is -0.410. The molecule has 0 aliphatic carbocycles. The Labute approximate surface area is 62.2 Å². The van der Waals surface area contributed by atoms with Crippen molar-refractivity contribution in [2.24, 2.45) is 5.73 Å². The fraction of sp³-hybridized carbons (Fsp3) is 0.167. The third-order valence-electron chi connectivity index (χ3n) is 0.998. The Morgan fingerprint density at radius 3 is 2.78 bits per heavy atom. The van der Waals surface area contributed by atoms with Crippen LogP contribution in [0.3, 0.4) is 0 Å². The van der Waals surface area contributed by atoms with E-state index < -0.39 is 0 Å². The summed E-state index contributed by atoms with van der Waals surface area (Å²) in [5, 5.41) is 0. The number of aromatic nitrogens is 1. The lowest BCUT2D eigenvalue weighted by molar-refractivity contribution is 0.988. The van der Waals surface area contributed by atoms with Gasteiger partial charge >= 0.3 is 0 Å². The van der Waals surface area contributed by atoms with E-state index in [4.69, 9.17) is 5.73 Å². The molecule has 0 aromatic carbocycles. The number of nitrogens with zero attached hydrogens (tertiary/aromatic N) is 1.